The molecule has 4 nitrogen and oxygen atoms in total. The molecule has 0 radical (unpaired) electrons. The average molecular weight is 265 g/mol. The maximum atomic E-state index is 12.2. The largest absolute Gasteiger partial charge is 0.348 e. The molecule has 2 saturated heterocycles. The van der Waals surface area contributed by atoms with E-state index in [1.807, 2.05) is 13.8 Å². The summed E-state index contributed by atoms with van der Waals surface area (Å²) in [5.74, 6) is 0.0596. The fourth-order valence-electron chi connectivity index (χ4n) is 3.17. The SMILES string of the molecule is Cc1nc(C)c(C(=O)NC2CC3CCC(C2)N3)s1. The van der Waals surface area contributed by atoms with Crippen LogP contribution in [-0.2, 0) is 0 Å². The highest BCUT2D eigenvalue weighted by Crippen LogP contribution is 2.27. The number of amides is 1. The van der Waals surface area contributed by atoms with Crippen LogP contribution in [0.15, 0.2) is 0 Å². The van der Waals surface area contributed by atoms with Gasteiger partial charge in [-0.05, 0) is 39.5 Å². The number of carbonyl (C=O) groups excluding carboxylic acids is 1. The Bertz CT molecular complexity index is 459. The van der Waals surface area contributed by atoms with Crippen molar-refractivity contribution in [2.45, 2.75) is 57.7 Å². The second-order valence-electron chi connectivity index (χ2n) is 5.43. The van der Waals surface area contributed by atoms with Gasteiger partial charge in [0.15, 0.2) is 0 Å². The topological polar surface area (TPSA) is 54.0 Å². The summed E-state index contributed by atoms with van der Waals surface area (Å²) in [6.07, 6.45) is 4.66. The summed E-state index contributed by atoms with van der Waals surface area (Å²) in [6, 6.07) is 1.55. The summed E-state index contributed by atoms with van der Waals surface area (Å²) in [5, 5.41) is 7.73. The first-order valence-electron chi connectivity index (χ1n) is 6.63. The molecule has 2 N–H and O–H groups in total. The monoisotopic (exact) mass is 265 g/mol. The van der Waals surface area contributed by atoms with Gasteiger partial charge in [-0.15, -0.1) is 11.3 Å². The zero-order valence-electron chi connectivity index (χ0n) is 10.8. The van der Waals surface area contributed by atoms with Crippen LogP contribution >= 0.6 is 11.3 Å². The summed E-state index contributed by atoms with van der Waals surface area (Å²) in [5.41, 5.74) is 0.854. The summed E-state index contributed by atoms with van der Waals surface area (Å²) in [6.45, 7) is 3.85. The molecular weight excluding hydrogens is 246 g/mol. The smallest absolute Gasteiger partial charge is 0.263 e. The normalized spacial score (nSPS) is 30.4. The second-order valence-corrected chi connectivity index (χ2v) is 6.63. The van der Waals surface area contributed by atoms with E-state index >= 15 is 0 Å². The Morgan fingerprint density at radius 3 is 2.56 bits per heavy atom. The van der Waals surface area contributed by atoms with Crippen molar-refractivity contribution in [3.63, 3.8) is 0 Å². The molecule has 1 amide bonds. The summed E-state index contributed by atoms with van der Waals surface area (Å²) >= 11 is 1.49. The Labute approximate surface area is 111 Å². The van der Waals surface area contributed by atoms with E-state index in [1.54, 1.807) is 0 Å². The standard InChI is InChI=1S/C13H19N3OS/c1-7-12(18-8(2)14-7)13(17)16-11-5-9-3-4-10(6-11)15-9/h9-11,15H,3-6H2,1-2H3,(H,16,17). The number of aryl methyl sites for hydroxylation is 2. The van der Waals surface area contributed by atoms with Gasteiger partial charge >= 0.3 is 0 Å². The van der Waals surface area contributed by atoms with Gasteiger partial charge in [-0.2, -0.15) is 0 Å². The maximum Gasteiger partial charge on any atom is 0.263 e. The molecule has 1 aromatic heterocycles. The third-order valence-electron chi connectivity index (χ3n) is 3.92. The number of thiazole rings is 1. The summed E-state index contributed by atoms with van der Waals surface area (Å²) in [4.78, 5) is 17.3. The highest BCUT2D eigenvalue weighted by molar-refractivity contribution is 7.13. The molecule has 0 aromatic carbocycles. The Morgan fingerprint density at radius 2 is 2.00 bits per heavy atom. The molecule has 5 heteroatoms. The quantitative estimate of drug-likeness (QED) is 0.857. The minimum atomic E-state index is 0.0596. The van der Waals surface area contributed by atoms with Crippen LogP contribution < -0.4 is 10.6 Å². The summed E-state index contributed by atoms with van der Waals surface area (Å²) in [7, 11) is 0. The van der Waals surface area contributed by atoms with Crippen LogP contribution in [0.1, 0.15) is 46.1 Å². The van der Waals surface area contributed by atoms with Crippen LogP contribution in [0.4, 0.5) is 0 Å². The Morgan fingerprint density at radius 1 is 1.33 bits per heavy atom. The van der Waals surface area contributed by atoms with E-state index in [0.29, 0.717) is 18.1 Å². The molecule has 0 saturated carbocycles. The Hall–Kier alpha value is -0.940. The number of hydrogen-bond donors (Lipinski definition) is 2. The lowest BCUT2D eigenvalue weighted by atomic mass is 10.00. The molecule has 3 rings (SSSR count). The van der Waals surface area contributed by atoms with Gasteiger partial charge in [-0.1, -0.05) is 0 Å². The third-order valence-corrected chi connectivity index (χ3v) is 4.99. The first-order chi connectivity index (χ1) is 8.61. The van der Waals surface area contributed by atoms with E-state index in [9.17, 15) is 4.79 Å². The number of piperidine rings is 1. The molecule has 18 heavy (non-hydrogen) atoms. The van der Waals surface area contributed by atoms with Gasteiger partial charge < -0.3 is 10.6 Å². The molecule has 2 aliphatic heterocycles. The lowest BCUT2D eigenvalue weighted by molar-refractivity contribution is 0.0927. The number of hydrogen-bond acceptors (Lipinski definition) is 4. The average Bonchev–Trinajstić information content (AvgIpc) is 2.81. The molecule has 0 aliphatic carbocycles. The van der Waals surface area contributed by atoms with Gasteiger partial charge in [0, 0.05) is 18.1 Å². The molecule has 2 fully saturated rings. The van der Waals surface area contributed by atoms with E-state index < -0.39 is 0 Å². The van der Waals surface area contributed by atoms with Crippen molar-refractivity contribution >= 4 is 17.2 Å². The Balaban J connectivity index is 1.66. The molecular formula is C13H19N3OS. The lowest BCUT2D eigenvalue weighted by Crippen LogP contribution is -2.48. The number of aromatic nitrogens is 1. The van der Waals surface area contributed by atoms with Crippen molar-refractivity contribution < 1.29 is 4.79 Å². The molecule has 2 atom stereocenters. The number of rotatable bonds is 2. The van der Waals surface area contributed by atoms with Crippen LogP contribution in [0.3, 0.4) is 0 Å². The molecule has 2 bridgehead atoms. The molecule has 2 unspecified atom stereocenters. The van der Waals surface area contributed by atoms with Crippen LogP contribution in [0, 0.1) is 13.8 Å². The lowest BCUT2D eigenvalue weighted by Gasteiger charge is -2.29. The molecule has 2 aliphatic rings. The first-order valence-corrected chi connectivity index (χ1v) is 7.44. The zero-order chi connectivity index (χ0) is 12.7. The van der Waals surface area contributed by atoms with Crippen LogP contribution in [0.5, 0.6) is 0 Å². The fraction of sp³-hybridized carbons (Fsp3) is 0.692. The van der Waals surface area contributed by atoms with Crippen molar-refractivity contribution in [2.24, 2.45) is 0 Å². The highest BCUT2D eigenvalue weighted by atomic mass is 32.1. The van der Waals surface area contributed by atoms with Crippen LogP contribution in [0.2, 0.25) is 0 Å². The van der Waals surface area contributed by atoms with Crippen molar-refractivity contribution in [3.8, 4) is 0 Å². The van der Waals surface area contributed by atoms with Crippen molar-refractivity contribution in [1.82, 2.24) is 15.6 Å². The van der Waals surface area contributed by atoms with E-state index in [1.165, 1.54) is 24.2 Å². The Kier molecular flexibility index (Phi) is 3.11. The van der Waals surface area contributed by atoms with Gasteiger partial charge in [0.2, 0.25) is 0 Å². The molecule has 98 valence electrons. The van der Waals surface area contributed by atoms with Crippen molar-refractivity contribution in [2.75, 3.05) is 0 Å². The van der Waals surface area contributed by atoms with Gasteiger partial charge in [-0.25, -0.2) is 4.98 Å². The first kappa shape index (κ1) is 12.1. The minimum Gasteiger partial charge on any atom is -0.348 e. The maximum absolute atomic E-state index is 12.2. The van der Waals surface area contributed by atoms with Crippen LogP contribution in [0.25, 0.3) is 0 Å². The van der Waals surface area contributed by atoms with Gasteiger partial charge in [0.05, 0.1) is 10.7 Å². The molecule has 1 aromatic rings. The highest BCUT2D eigenvalue weighted by Gasteiger charge is 2.34. The zero-order valence-corrected chi connectivity index (χ0v) is 11.6. The van der Waals surface area contributed by atoms with Crippen molar-refractivity contribution in [1.29, 1.82) is 0 Å². The van der Waals surface area contributed by atoms with Gasteiger partial charge in [0.25, 0.3) is 5.91 Å². The predicted molar refractivity (Wildman–Crippen MR) is 72.0 cm³/mol. The minimum absolute atomic E-state index is 0.0596. The van der Waals surface area contributed by atoms with E-state index in [0.717, 1.165) is 28.4 Å². The van der Waals surface area contributed by atoms with Gasteiger partial charge in [0.1, 0.15) is 4.88 Å². The number of fused-ring (bicyclic) bond motifs is 2. The fourth-order valence-corrected chi connectivity index (χ4v) is 3.99. The predicted octanol–water partition coefficient (Wildman–Crippen LogP) is 1.77. The molecule has 3 heterocycles. The number of nitrogens with one attached hydrogen (secondary N) is 2. The van der Waals surface area contributed by atoms with E-state index in [2.05, 4.69) is 15.6 Å². The summed E-state index contributed by atoms with van der Waals surface area (Å²) < 4.78 is 0. The third kappa shape index (κ3) is 2.29. The van der Waals surface area contributed by atoms with Crippen LogP contribution in [-0.4, -0.2) is 29.0 Å². The number of carbonyl (C=O) groups is 1. The van der Waals surface area contributed by atoms with Gasteiger partial charge in [-0.3, -0.25) is 4.79 Å². The van der Waals surface area contributed by atoms with E-state index in [4.69, 9.17) is 0 Å². The molecule has 0 spiro atoms. The number of nitrogens with zero attached hydrogens (tertiary/aromatic N) is 1. The van der Waals surface area contributed by atoms with Crippen molar-refractivity contribution in [3.05, 3.63) is 15.6 Å². The second kappa shape index (κ2) is 4.63. The van der Waals surface area contributed by atoms with E-state index in [-0.39, 0.29) is 5.91 Å².